The minimum Gasteiger partial charge on any atom is -0.381 e. The first-order valence-corrected chi connectivity index (χ1v) is 19.8. The Balaban J connectivity index is 1.07. The summed E-state index contributed by atoms with van der Waals surface area (Å²) in [5.41, 5.74) is 5.01. The highest BCUT2D eigenvalue weighted by Gasteiger charge is 2.56. The van der Waals surface area contributed by atoms with Gasteiger partial charge in [-0.25, -0.2) is 14.4 Å². The molecule has 54 heavy (non-hydrogen) atoms. The van der Waals surface area contributed by atoms with Crippen molar-refractivity contribution >= 4 is 40.0 Å². The van der Waals surface area contributed by atoms with Gasteiger partial charge in [0.15, 0.2) is 11.6 Å². The van der Waals surface area contributed by atoms with E-state index in [2.05, 4.69) is 66.0 Å². The van der Waals surface area contributed by atoms with E-state index in [1.54, 1.807) is 18.6 Å². The lowest BCUT2D eigenvalue weighted by Gasteiger charge is -2.47. The molecule has 7 heterocycles. The maximum absolute atomic E-state index is 15.0. The Morgan fingerprint density at radius 1 is 1.06 bits per heavy atom. The number of rotatable bonds is 7. The highest BCUT2D eigenvalue weighted by atomic mass is 19.1. The number of likely N-dealkylation sites (tertiary alicyclic amines) is 2. The van der Waals surface area contributed by atoms with Gasteiger partial charge in [-0.15, -0.1) is 0 Å². The van der Waals surface area contributed by atoms with Gasteiger partial charge in [0, 0.05) is 61.8 Å². The second-order valence-corrected chi connectivity index (χ2v) is 17.3. The molecule has 1 N–H and O–H groups in total. The predicted molar refractivity (Wildman–Crippen MR) is 206 cm³/mol. The topological polar surface area (TPSA) is 109 Å². The molecule has 3 saturated heterocycles. The van der Waals surface area contributed by atoms with E-state index >= 15 is 0 Å². The minimum absolute atomic E-state index is 0.0906. The van der Waals surface area contributed by atoms with Crippen molar-refractivity contribution < 1.29 is 18.7 Å². The fourth-order valence-corrected chi connectivity index (χ4v) is 9.72. The first-order chi connectivity index (χ1) is 26.0. The Morgan fingerprint density at radius 2 is 1.87 bits per heavy atom. The Hall–Kier alpha value is -4.42. The molecule has 4 aliphatic heterocycles. The molecule has 0 bridgehead atoms. The number of carbonyl (C=O) groups is 2. The first-order valence-electron chi connectivity index (χ1n) is 19.8. The van der Waals surface area contributed by atoms with Crippen LogP contribution in [0.4, 0.5) is 21.6 Å². The van der Waals surface area contributed by atoms with Crippen LogP contribution in [0.25, 0.3) is 22.3 Å². The van der Waals surface area contributed by atoms with Crippen LogP contribution in [0.1, 0.15) is 84.2 Å². The Labute approximate surface area is 316 Å². The fraction of sp³-hybridized carbons (Fsp3) is 0.548. The summed E-state index contributed by atoms with van der Waals surface area (Å²) in [5, 5.41) is 3.24. The van der Waals surface area contributed by atoms with Crippen molar-refractivity contribution in [3.8, 4) is 11.3 Å². The van der Waals surface area contributed by atoms with Crippen molar-refractivity contribution in [3.05, 3.63) is 60.4 Å². The number of imidazole rings is 1. The van der Waals surface area contributed by atoms with Crippen molar-refractivity contribution in [2.45, 2.75) is 96.2 Å². The molecule has 1 saturated carbocycles. The number of halogens is 1. The molecule has 1 atom stereocenters. The van der Waals surface area contributed by atoms with Crippen LogP contribution in [0.3, 0.4) is 0 Å². The summed E-state index contributed by atoms with van der Waals surface area (Å²) < 4.78 is 22.6. The average Bonchev–Trinajstić information content (AvgIpc) is 3.82. The molecule has 4 aromatic rings. The van der Waals surface area contributed by atoms with E-state index < -0.39 is 11.2 Å². The number of hydrogen-bond acceptors (Lipinski definition) is 8. The number of anilines is 3. The number of benzene rings is 1. The van der Waals surface area contributed by atoms with Gasteiger partial charge in [-0.3, -0.25) is 19.5 Å². The molecule has 1 aliphatic carbocycles. The van der Waals surface area contributed by atoms with E-state index in [9.17, 15) is 14.0 Å². The lowest BCUT2D eigenvalue weighted by molar-refractivity contribution is -0.143. The van der Waals surface area contributed by atoms with Gasteiger partial charge in [0.2, 0.25) is 11.8 Å². The number of nitrogens with one attached hydrogen (secondary N) is 1. The van der Waals surface area contributed by atoms with E-state index in [4.69, 9.17) is 14.7 Å². The maximum atomic E-state index is 15.0. The first kappa shape index (κ1) is 35.3. The average molecular weight is 735 g/mol. The third-order valence-electron chi connectivity index (χ3n) is 12.9. The molecule has 1 aromatic carbocycles. The summed E-state index contributed by atoms with van der Waals surface area (Å²) in [6, 6.07) is 10.6. The molecule has 2 amide bonds. The molecule has 0 radical (unpaired) electrons. The standard InChI is InChI=1S/C42H51FN8O3/c1-26(2)50-25-45-35-21-34(47-38(37(35)50)46-33-9-13-44-22-32(33)43)27-7-8-31-36(18-27)51(30-19-29(20-30)49-14-10-41(3,4)24-49)40(53)42(31)11-15-48(16-12-42)39(52)28-6-5-17-54-23-28/h7-9,13,18,21-22,25-26,28-30H,5-6,10-12,14-17,19-20,23-24H2,1-4H3,(H,44,46,47). The molecule has 1 spiro atoms. The maximum Gasteiger partial charge on any atom is 0.238 e. The van der Waals surface area contributed by atoms with Gasteiger partial charge in [0.1, 0.15) is 5.52 Å². The number of hydrogen-bond donors (Lipinski definition) is 1. The minimum atomic E-state index is -0.673. The number of piperidine rings is 1. The van der Waals surface area contributed by atoms with Crippen LogP contribution in [0.5, 0.6) is 0 Å². The summed E-state index contributed by atoms with van der Waals surface area (Å²) in [4.78, 5) is 49.0. The van der Waals surface area contributed by atoms with Crippen LogP contribution in [0, 0.1) is 17.2 Å². The molecule has 5 aliphatic rings. The van der Waals surface area contributed by atoms with Gasteiger partial charge >= 0.3 is 0 Å². The summed E-state index contributed by atoms with van der Waals surface area (Å²) in [6.07, 6.45) is 10.6. The van der Waals surface area contributed by atoms with E-state index in [-0.39, 0.29) is 35.5 Å². The second kappa shape index (κ2) is 13.4. The van der Waals surface area contributed by atoms with E-state index in [0.29, 0.717) is 55.5 Å². The highest BCUT2D eigenvalue weighted by molar-refractivity contribution is 6.09. The molecule has 12 heteroatoms. The van der Waals surface area contributed by atoms with Crippen molar-refractivity contribution in [1.29, 1.82) is 0 Å². The number of carbonyl (C=O) groups excluding carboxylic acids is 2. The van der Waals surface area contributed by atoms with Gasteiger partial charge in [0.05, 0.1) is 47.4 Å². The normalized spacial score (nSPS) is 25.1. The van der Waals surface area contributed by atoms with Crippen LogP contribution < -0.4 is 10.2 Å². The number of fused-ring (bicyclic) bond motifs is 3. The summed E-state index contributed by atoms with van der Waals surface area (Å²) >= 11 is 0. The zero-order chi connectivity index (χ0) is 37.4. The largest absolute Gasteiger partial charge is 0.381 e. The third kappa shape index (κ3) is 5.96. The van der Waals surface area contributed by atoms with E-state index in [0.717, 1.165) is 73.2 Å². The zero-order valence-corrected chi connectivity index (χ0v) is 31.9. The van der Waals surface area contributed by atoms with Gasteiger partial charge in [-0.1, -0.05) is 26.0 Å². The summed E-state index contributed by atoms with van der Waals surface area (Å²) in [6.45, 7) is 13.4. The predicted octanol–water partition coefficient (Wildman–Crippen LogP) is 6.85. The number of nitrogens with zero attached hydrogens (tertiary/aromatic N) is 7. The summed E-state index contributed by atoms with van der Waals surface area (Å²) in [7, 11) is 0. The van der Waals surface area contributed by atoms with E-state index in [1.807, 2.05) is 15.5 Å². The molecule has 1 unspecified atom stereocenters. The van der Waals surface area contributed by atoms with Gasteiger partial charge < -0.3 is 24.4 Å². The van der Waals surface area contributed by atoms with E-state index in [1.165, 1.54) is 12.6 Å². The van der Waals surface area contributed by atoms with Crippen molar-refractivity contribution in [3.63, 3.8) is 0 Å². The lowest BCUT2D eigenvalue weighted by Crippen LogP contribution is -2.58. The smallest absolute Gasteiger partial charge is 0.238 e. The van der Waals surface area contributed by atoms with Gasteiger partial charge in [-0.05, 0) is 94.5 Å². The Kier molecular flexibility index (Phi) is 8.76. The third-order valence-corrected chi connectivity index (χ3v) is 12.9. The number of ether oxygens (including phenoxy) is 1. The van der Waals surface area contributed by atoms with Gasteiger partial charge in [-0.2, -0.15) is 0 Å². The molecule has 4 fully saturated rings. The SMILES string of the molecule is CC(C)n1cnc2cc(-c3ccc4c(c3)N(C3CC(N5CCC(C)(C)C5)C3)C(=O)C43CCN(C(=O)C4CCCOC4)CC3)nc(Nc3ccncc3F)c21. The van der Waals surface area contributed by atoms with Crippen LogP contribution >= 0.6 is 0 Å². The Bertz CT molecular complexity index is 2090. The van der Waals surface area contributed by atoms with Crippen LogP contribution in [-0.2, 0) is 19.7 Å². The highest BCUT2D eigenvalue weighted by Crippen LogP contribution is 2.52. The quantitative estimate of drug-likeness (QED) is 0.220. The molecular formula is C42H51FN8O3. The molecule has 11 nitrogen and oxygen atoms in total. The number of amides is 2. The fourth-order valence-electron chi connectivity index (χ4n) is 9.72. The zero-order valence-electron chi connectivity index (χ0n) is 31.9. The van der Waals surface area contributed by atoms with Crippen molar-refractivity contribution in [1.82, 2.24) is 29.3 Å². The lowest BCUT2D eigenvalue weighted by atomic mass is 9.73. The molecule has 3 aromatic heterocycles. The van der Waals surface area contributed by atoms with Crippen LogP contribution in [0.2, 0.25) is 0 Å². The molecular weight excluding hydrogens is 684 g/mol. The van der Waals surface area contributed by atoms with Crippen LogP contribution in [-0.4, -0.2) is 92.6 Å². The molecule has 284 valence electrons. The number of pyridine rings is 2. The summed E-state index contributed by atoms with van der Waals surface area (Å²) in [5.74, 6) is 0.269. The van der Waals surface area contributed by atoms with Gasteiger partial charge in [0.25, 0.3) is 0 Å². The van der Waals surface area contributed by atoms with Crippen LogP contribution in [0.15, 0.2) is 49.1 Å². The monoisotopic (exact) mass is 734 g/mol. The molecule has 9 rings (SSSR count). The second-order valence-electron chi connectivity index (χ2n) is 17.3. The Morgan fingerprint density at radius 3 is 2.57 bits per heavy atom. The number of aromatic nitrogens is 4. The van der Waals surface area contributed by atoms with Crippen molar-refractivity contribution in [2.24, 2.45) is 11.3 Å². The van der Waals surface area contributed by atoms with Crippen molar-refractivity contribution in [2.75, 3.05) is 49.6 Å².